The molecule has 4 amide bonds. The number of rotatable bonds is 12. The Morgan fingerprint density at radius 2 is 1.18 bits per heavy atom. The minimum absolute atomic E-state index is 0.203. The molecule has 2 aliphatic rings. The second-order valence-electron chi connectivity index (χ2n) is 14.0. The molecule has 0 saturated carbocycles. The molecule has 2 aromatic heterocycles. The number of nitrogens with one attached hydrogen (secondary N) is 4. The molecule has 2 fully saturated rings. The summed E-state index contributed by atoms with van der Waals surface area (Å²) in [6, 6.07) is 24.4. The van der Waals surface area contributed by atoms with Gasteiger partial charge in [0, 0.05) is 25.0 Å². The Morgan fingerprint density at radius 3 is 1.70 bits per heavy atom. The van der Waals surface area contributed by atoms with Crippen molar-refractivity contribution in [3.63, 3.8) is 0 Å². The highest BCUT2D eigenvalue weighted by atomic mass is 16.5. The number of ether oxygens (including phenoxy) is 2. The molecule has 3 aromatic carbocycles. The molecule has 0 aliphatic carbocycles. The van der Waals surface area contributed by atoms with Gasteiger partial charge in [0.25, 0.3) is 11.8 Å². The SMILES string of the molecule is COC(=O)N[C@H](C(=O)N1CCC[C@H]1c1ncc(CCc2ccc(-c3cnc([C@@H]4CCCN4C(=O)[C@H](NC(=O)OC)c4ccccc4)[nH]3)cc2)[nH]1)c1ccccc1. The Labute approximate surface area is 325 Å². The average Bonchev–Trinajstić information content (AvgIpc) is 4.08. The standard InChI is InChI=1S/C42H46N8O6/c1-55-41(53)47-35(29-11-5-3-6-12-29)39(51)49-23-9-15-33(49)37-43-25-31(45-37)22-19-27-17-20-28(21-18-27)32-26-44-38(46-32)34-16-10-24-50(34)40(52)36(48-42(54)56-2)30-13-7-4-8-14-30/h3-8,11-14,17-18,20-21,25-26,33-36H,9-10,15-16,19,22-24H2,1-2H3,(H,43,45)(H,44,46)(H,47,53)(H,48,54)/t33-,34-,35-,36+/m0/s1. The molecule has 0 radical (unpaired) electrons. The molecule has 14 heteroatoms. The van der Waals surface area contributed by atoms with Crippen molar-refractivity contribution >= 4 is 24.0 Å². The van der Waals surface area contributed by atoms with Crippen LogP contribution in [0.2, 0.25) is 0 Å². The number of imidazole rings is 2. The lowest BCUT2D eigenvalue weighted by Crippen LogP contribution is -2.42. The van der Waals surface area contributed by atoms with Crippen molar-refractivity contribution in [3.8, 4) is 11.3 Å². The molecule has 4 heterocycles. The fourth-order valence-electron chi connectivity index (χ4n) is 7.64. The molecule has 14 nitrogen and oxygen atoms in total. The molecule has 0 unspecified atom stereocenters. The topological polar surface area (TPSA) is 175 Å². The fraction of sp³-hybridized carbons (Fsp3) is 0.333. The van der Waals surface area contributed by atoms with Crippen molar-refractivity contribution in [1.29, 1.82) is 0 Å². The Balaban J connectivity index is 0.972. The van der Waals surface area contributed by atoms with Crippen molar-refractivity contribution in [2.45, 2.75) is 62.7 Å². The highest BCUT2D eigenvalue weighted by Gasteiger charge is 2.38. The van der Waals surface area contributed by atoms with Crippen molar-refractivity contribution in [2.24, 2.45) is 0 Å². The largest absolute Gasteiger partial charge is 0.453 e. The zero-order valence-electron chi connectivity index (χ0n) is 31.4. The zero-order valence-corrected chi connectivity index (χ0v) is 31.4. The lowest BCUT2D eigenvalue weighted by molar-refractivity contribution is -0.135. The van der Waals surface area contributed by atoms with Crippen LogP contribution in [0, 0.1) is 0 Å². The smallest absolute Gasteiger partial charge is 0.407 e. The number of likely N-dealkylation sites (tertiary alicyclic amines) is 2. The summed E-state index contributed by atoms with van der Waals surface area (Å²) in [6.45, 7) is 1.12. The van der Waals surface area contributed by atoms with Crippen molar-refractivity contribution in [1.82, 2.24) is 40.4 Å². The van der Waals surface area contributed by atoms with E-state index in [9.17, 15) is 19.2 Å². The molecule has 2 saturated heterocycles. The molecule has 56 heavy (non-hydrogen) atoms. The third-order valence-corrected chi connectivity index (χ3v) is 10.5. The number of aromatic nitrogens is 4. The normalized spacial score (nSPS) is 17.6. The van der Waals surface area contributed by atoms with Gasteiger partial charge in [-0.3, -0.25) is 9.59 Å². The molecule has 0 bridgehead atoms. The Kier molecular flexibility index (Phi) is 11.7. The minimum atomic E-state index is -0.879. The van der Waals surface area contributed by atoms with Crippen LogP contribution in [0.25, 0.3) is 11.3 Å². The van der Waals surface area contributed by atoms with Gasteiger partial charge in [-0.25, -0.2) is 19.6 Å². The van der Waals surface area contributed by atoms with Gasteiger partial charge in [-0.05, 0) is 60.8 Å². The van der Waals surface area contributed by atoms with Crippen molar-refractivity contribution in [3.05, 3.63) is 131 Å². The summed E-state index contributed by atoms with van der Waals surface area (Å²) >= 11 is 0. The average molecular weight is 759 g/mol. The highest BCUT2D eigenvalue weighted by molar-refractivity contribution is 5.88. The molecule has 0 spiro atoms. The van der Waals surface area contributed by atoms with Crippen LogP contribution in [0.15, 0.2) is 97.3 Å². The second-order valence-corrected chi connectivity index (χ2v) is 14.0. The van der Waals surface area contributed by atoms with Gasteiger partial charge >= 0.3 is 12.2 Å². The molecule has 2 aliphatic heterocycles. The quantitative estimate of drug-likeness (QED) is 0.118. The van der Waals surface area contributed by atoms with Crippen LogP contribution in [-0.4, -0.2) is 81.0 Å². The van der Waals surface area contributed by atoms with Crippen molar-refractivity contribution < 1.29 is 28.7 Å². The van der Waals surface area contributed by atoms with E-state index in [-0.39, 0.29) is 23.9 Å². The van der Waals surface area contributed by atoms with E-state index in [4.69, 9.17) is 9.47 Å². The maximum absolute atomic E-state index is 13.9. The van der Waals surface area contributed by atoms with E-state index >= 15 is 0 Å². The number of methoxy groups -OCH3 is 2. The Bertz CT molecular complexity index is 2120. The first-order chi connectivity index (χ1) is 27.3. The number of nitrogens with zero attached hydrogens (tertiary/aromatic N) is 4. The second kappa shape index (κ2) is 17.4. The van der Waals surface area contributed by atoms with Crippen molar-refractivity contribution in [2.75, 3.05) is 27.3 Å². The Morgan fingerprint density at radius 1 is 0.679 bits per heavy atom. The number of H-pyrrole nitrogens is 2. The minimum Gasteiger partial charge on any atom is -0.453 e. The number of aromatic amines is 2. The van der Waals surface area contributed by atoms with Crippen LogP contribution in [0.5, 0.6) is 0 Å². The van der Waals surface area contributed by atoms with Crippen LogP contribution >= 0.6 is 0 Å². The third-order valence-electron chi connectivity index (χ3n) is 10.5. The molecule has 4 N–H and O–H groups in total. The summed E-state index contributed by atoms with van der Waals surface area (Å²) in [6.07, 6.45) is 6.98. The van der Waals surface area contributed by atoms with Gasteiger partial charge in [0.2, 0.25) is 0 Å². The fourth-order valence-corrected chi connectivity index (χ4v) is 7.64. The van der Waals surface area contributed by atoms with Gasteiger partial charge in [-0.15, -0.1) is 0 Å². The monoisotopic (exact) mass is 758 g/mol. The summed E-state index contributed by atoms with van der Waals surface area (Å²) in [5.74, 6) is 1.02. The lowest BCUT2D eigenvalue weighted by atomic mass is 10.0. The first kappa shape index (κ1) is 37.9. The van der Waals surface area contributed by atoms with Crippen LogP contribution < -0.4 is 10.6 Å². The number of carbonyl (C=O) groups is 4. The van der Waals surface area contributed by atoms with Gasteiger partial charge < -0.3 is 39.9 Å². The lowest BCUT2D eigenvalue weighted by Gasteiger charge is -2.28. The summed E-state index contributed by atoms with van der Waals surface area (Å²) in [7, 11) is 2.56. The summed E-state index contributed by atoms with van der Waals surface area (Å²) < 4.78 is 9.63. The van der Waals surface area contributed by atoms with Gasteiger partial charge in [-0.2, -0.15) is 0 Å². The van der Waals surface area contributed by atoms with E-state index in [0.29, 0.717) is 30.0 Å². The molecular weight excluding hydrogens is 713 g/mol. The molecule has 290 valence electrons. The van der Waals surface area contributed by atoms with E-state index in [1.165, 1.54) is 14.2 Å². The number of amides is 4. The van der Waals surface area contributed by atoms with Crippen LogP contribution in [0.3, 0.4) is 0 Å². The first-order valence-electron chi connectivity index (χ1n) is 18.9. The summed E-state index contributed by atoms with van der Waals surface area (Å²) in [4.78, 5) is 71.9. The predicted octanol–water partition coefficient (Wildman–Crippen LogP) is 6.11. The number of carbonyl (C=O) groups excluding carboxylic acids is 4. The Hall–Kier alpha value is -6.44. The van der Waals surface area contributed by atoms with Gasteiger partial charge in [0.15, 0.2) is 0 Å². The maximum atomic E-state index is 13.9. The number of benzene rings is 3. The number of alkyl carbamates (subject to hydrolysis) is 2. The molecule has 5 aromatic rings. The molecular formula is C42H46N8O6. The van der Waals surface area contributed by atoms with E-state index in [0.717, 1.165) is 66.9 Å². The van der Waals surface area contributed by atoms with Crippen LogP contribution in [0.1, 0.15) is 83.9 Å². The zero-order chi connectivity index (χ0) is 39.0. The summed E-state index contributed by atoms with van der Waals surface area (Å²) in [5.41, 5.74) is 5.31. The maximum Gasteiger partial charge on any atom is 0.407 e. The first-order valence-corrected chi connectivity index (χ1v) is 18.9. The predicted molar refractivity (Wildman–Crippen MR) is 207 cm³/mol. The van der Waals surface area contributed by atoms with Crippen LogP contribution in [-0.2, 0) is 31.9 Å². The van der Waals surface area contributed by atoms with Gasteiger partial charge in [0.1, 0.15) is 23.7 Å². The molecule has 4 atom stereocenters. The summed E-state index contributed by atoms with van der Waals surface area (Å²) in [5, 5.41) is 5.41. The number of aryl methyl sites for hydroxylation is 2. The number of hydrogen-bond acceptors (Lipinski definition) is 8. The van der Waals surface area contributed by atoms with Crippen LogP contribution in [0.4, 0.5) is 9.59 Å². The van der Waals surface area contributed by atoms with E-state index in [1.807, 2.05) is 66.9 Å². The van der Waals surface area contributed by atoms with Gasteiger partial charge in [0.05, 0.1) is 38.2 Å². The van der Waals surface area contributed by atoms with Gasteiger partial charge in [-0.1, -0.05) is 84.9 Å². The molecule has 7 rings (SSSR count). The van der Waals surface area contributed by atoms with E-state index in [2.05, 4.69) is 54.8 Å². The third kappa shape index (κ3) is 8.43. The van der Waals surface area contributed by atoms with E-state index < -0.39 is 24.3 Å². The van der Waals surface area contributed by atoms with E-state index in [1.54, 1.807) is 16.0 Å². The number of hydrogen-bond donors (Lipinski definition) is 4. The highest BCUT2D eigenvalue weighted by Crippen LogP contribution is 2.35.